The zero-order valence-electron chi connectivity index (χ0n) is 13.3. The third kappa shape index (κ3) is 2.75. The van der Waals surface area contributed by atoms with Crippen LogP contribution in [0.25, 0.3) is 0 Å². The fraction of sp³-hybridized carbons (Fsp3) is 0.500. The molecule has 1 saturated heterocycles. The second kappa shape index (κ2) is 5.72. The first-order valence-corrected chi connectivity index (χ1v) is 8.61. The largest absolute Gasteiger partial charge is 0.487 e. The standard InChI is InChI=1S/C16H19BrN2O3S/c1-15(2)9-16(11-8-10(17)4-5-12(11)22-15)13(20)19(6-7-21-3)14(23)18-16/h4-5,8H,6-7,9H2,1-3H3,(H,18,23). The van der Waals surface area contributed by atoms with E-state index in [-0.39, 0.29) is 5.91 Å². The van der Waals surface area contributed by atoms with Gasteiger partial charge in [-0.2, -0.15) is 0 Å². The second-order valence-electron chi connectivity index (χ2n) is 6.46. The summed E-state index contributed by atoms with van der Waals surface area (Å²) in [5, 5.41) is 3.71. The molecule has 1 N–H and O–H groups in total. The van der Waals surface area contributed by atoms with Crippen LogP contribution in [0.3, 0.4) is 0 Å². The zero-order chi connectivity index (χ0) is 16.8. The summed E-state index contributed by atoms with van der Waals surface area (Å²) in [6.45, 7) is 4.84. The molecule has 1 amide bonds. The van der Waals surface area contributed by atoms with Gasteiger partial charge in [-0.25, -0.2) is 0 Å². The third-order valence-corrected chi connectivity index (χ3v) is 4.99. The van der Waals surface area contributed by atoms with E-state index in [1.807, 2.05) is 32.0 Å². The van der Waals surface area contributed by atoms with Gasteiger partial charge in [0.1, 0.15) is 11.4 Å². The van der Waals surface area contributed by atoms with Crippen LogP contribution in [0.4, 0.5) is 0 Å². The van der Waals surface area contributed by atoms with Crippen molar-refractivity contribution in [2.75, 3.05) is 20.3 Å². The molecule has 0 saturated carbocycles. The molecular formula is C16H19BrN2O3S. The van der Waals surface area contributed by atoms with Crippen LogP contribution in [0.1, 0.15) is 25.8 Å². The van der Waals surface area contributed by atoms with Gasteiger partial charge in [0, 0.05) is 23.6 Å². The minimum Gasteiger partial charge on any atom is -0.487 e. The molecule has 1 aromatic carbocycles. The number of hydrogen-bond acceptors (Lipinski definition) is 4. The van der Waals surface area contributed by atoms with E-state index in [0.717, 1.165) is 10.0 Å². The van der Waals surface area contributed by atoms with Crippen molar-refractivity contribution in [1.82, 2.24) is 10.2 Å². The Labute approximate surface area is 149 Å². The van der Waals surface area contributed by atoms with Crippen molar-refractivity contribution in [2.24, 2.45) is 0 Å². The predicted octanol–water partition coefficient (Wildman–Crippen LogP) is 2.57. The van der Waals surface area contributed by atoms with E-state index in [4.69, 9.17) is 21.7 Å². The highest BCUT2D eigenvalue weighted by Crippen LogP contribution is 2.47. The van der Waals surface area contributed by atoms with Crippen LogP contribution in [-0.2, 0) is 15.1 Å². The van der Waals surface area contributed by atoms with Crippen molar-refractivity contribution in [1.29, 1.82) is 0 Å². The Morgan fingerprint density at radius 3 is 2.91 bits per heavy atom. The number of hydrogen-bond donors (Lipinski definition) is 1. The number of carbonyl (C=O) groups excluding carboxylic acids is 1. The molecular weight excluding hydrogens is 380 g/mol. The zero-order valence-corrected chi connectivity index (χ0v) is 15.7. The number of fused-ring (bicyclic) bond motifs is 2. The summed E-state index contributed by atoms with van der Waals surface area (Å²) >= 11 is 8.89. The van der Waals surface area contributed by atoms with E-state index >= 15 is 0 Å². The Kier molecular flexibility index (Phi) is 4.14. The average molecular weight is 399 g/mol. The molecule has 1 aromatic rings. The summed E-state index contributed by atoms with van der Waals surface area (Å²) in [6.07, 6.45) is 0.506. The lowest BCUT2D eigenvalue weighted by atomic mass is 9.77. The Hall–Kier alpha value is -1.18. The van der Waals surface area contributed by atoms with E-state index in [1.54, 1.807) is 12.0 Å². The summed E-state index contributed by atoms with van der Waals surface area (Å²) in [7, 11) is 1.61. The summed E-state index contributed by atoms with van der Waals surface area (Å²) in [5.41, 5.74) is -0.541. The van der Waals surface area contributed by atoms with Gasteiger partial charge in [0.2, 0.25) is 0 Å². The number of carbonyl (C=O) groups is 1. The third-order valence-electron chi connectivity index (χ3n) is 4.17. The molecule has 2 aliphatic rings. The molecule has 2 heterocycles. The first-order chi connectivity index (χ1) is 10.8. The number of amides is 1. The van der Waals surface area contributed by atoms with E-state index < -0.39 is 11.1 Å². The van der Waals surface area contributed by atoms with E-state index in [0.29, 0.717) is 30.4 Å². The SMILES string of the molecule is COCCN1C(=O)C2(CC(C)(C)Oc3ccc(Br)cc32)NC1=S. The average Bonchev–Trinajstić information content (AvgIpc) is 2.69. The Morgan fingerprint density at radius 2 is 2.22 bits per heavy atom. The lowest BCUT2D eigenvalue weighted by molar-refractivity contribution is -0.134. The molecule has 23 heavy (non-hydrogen) atoms. The normalized spacial score (nSPS) is 25.3. The predicted molar refractivity (Wildman–Crippen MR) is 94.5 cm³/mol. The first kappa shape index (κ1) is 16.7. The first-order valence-electron chi connectivity index (χ1n) is 7.41. The van der Waals surface area contributed by atoms with Crippen molar-refractivity contribution >= 4 is 39.2 Å². The van der Waals surface area contributed by atoms with Gasteiger partial charge in [-0.1, -0.05) is 15.9 Å². The molecule has 0 aliphatic carbocycles. The van der Waals surface area contributed by atoms with E-state index in [2.05, 4.69) is 21.2 Å². The molecule has 1 fully saturated rings. The van der Waals surface area contributed by atoms with Gasteiger partial charge in [-0.15, -0.1) is 0 Å². The molecule has 0 radical (unpaired) electrons. The Bertz CT molecular complexity index is 679. The maximum absolute atomic E-state index is 13.2. The fourth-order valence-corrected chi connectivity index (χ4v) is 4.02. The van der Waals surface area contributed by atoms with E-state index in [1.165, 1.54) is 0 Å². The van der Waals surface area contributed by atoms with Crippen LogP contribution in [0.5, 0.6) is 5.75 Å². The maximum atomic E-state index is 13.2. The van der Waals surface area contributed by atoms with Gasteiger partial charge in [0.05, 0.1) is 13.2 Å². The van der Waals surface area contributed by atoms with Gasteiger partial charge in [-0.05, 0) is 44.3 Å². The van der Waals surface area contributed by atoms with Gasteiger partial charge in [0.25, 0.3) is 5.91 Å². The number of halogens is 1. The van der Waals surface area contributed by atoms with Crippen LogP contribution in [0, 0.1) is 0 Å². The maximum Gasteiger partial charge on any atom is 0.259 e. The number of benzene rings is 1. The van der Waals surface area contributed by atoms with Gasteiger partial charge in [-0.3, -0.25) is 9.69 Å². The molecule has 3 rings (SSSR count). The van der Waals surface area contributed by atoms with Crippen LogP contribution >= 0.6 is 28.1 Å². The molecule has 1 spiro atoms. The molecule has 7 heteroatoms. The van der Waals surface area contributed by atoms with Crippen molar-refractivity contribution in [3.8, 4) is 5.75 Å². The monoisotopic (exact) mass is 398 g/mol. The Morgan fingerprint density at radius 1 is 1.48 bits per heavy atom. The highest BCUT2D eigenvalue weighted by atomic mass is 79.9. The van der Waals surface area contributed by atoms with Gasteiger partial charge >= 0.3 is 0 Å². The summed E-state index contributed by atoms with van der Waals surface area (Å²) in [6, 6.07) is 5.73. The Balaban J connectivity index is 2.09. The highest BCUT2D eigenvalue weighted by molar-refractivity contribution is 9.10. The highest BCUT2D eigenvalue weighted by Gasteiger charge is 2.57. The molecule has 0 aromatic heterocycles. The minimum atomic E-state index is -0.883. The molecule has 1 atom stereocenters. The lowest BCUT2D eigenvalue weighted by Crippen LogP contribution is -2.53. The van der Waals surface area contributed by atoms with Gasteiger partial charge < -0.3 is 14.8 Å². The molecule has 2 aliphatic heterocycles. The molecule has 124 valence electrons. The number of rotatable bonds is 3. The summed E-state index contributed by atoms with van der Waals surface area (Å²) in [4.78, 5) is 14.8. The topological polar surface area (TPSA) is 50.8 Å². The number of nitrogens with one attached hydrogen (secondary N) is 1. The number of ether oxygens (including phenoxy) is 2. The fourth-order valence-electron chi connectivity index (χ4n) is 3.31. The van der Waals surface area contributed by atoms with Gasteiger partial charge in [0.15, 0.2) is 10.7 Å². The van der Waals surface area contributed by atoms with Crippen LogP contribution in [0.15, 0.2) is 22.7 Å². The summed E-state index contributed by atoms with van der Waals surface area (Å²) < 4.78 is 12.1. The molecule has 5 nitrogen and oxygen atoms in total. The minimum absolute atomic E-state index is 0.0460. The van der Waals surface area contributed by atoms with Crippen molar-refractivity contribution < 1.29 is 14.3 Å². The quantitative estimate of drug-likeness (QED) is 0.792. The molecule has 1 unspecified atom stereocenters. The number of nitrogens with zero attached hydrogens (tertiary/aromatic N) is 1. The van der Waals surface area contributed by atoms with E-state index in [9.17, 15) is 4.79 Å². The van der Waals surface area contributed by atoms with Crippen LogP contribution < -0.4 is 10.1 Å². The van der Waals surface area contributed by atoms with Crippen LogP contribution in [-0.4, -0.2) is 41.8 Å². The lowest BCUT2D eigenvalue weighted by Gasteiger charge is -2.42. The van der Waals surface area contributed by atoms with Crippen LogP contribution in [0.2, 0.25) is 0 Å². The molecule has 0 bridgehead atoms. The van der Waals surface area contributed by atoms with Crippen molar-refractivity contribution in [2.45, 2.75) is 31.4 Å². The second-order valence-corrected chi connectivity index (χ2v) is 7.77. The smallest absolute Gasteiger partial charge is 0.259 e. The number of thiocarbonyl (C=S) groups is 1. The number of methoxy groups -OCH3 is 1. The van der Waals surface area contributed by atoms with Crippen molar-refractivity contribution in [3.63, 3.8) is 0 Å². The van der Waals surface area contributed by atoms with Crippen molar-refractivity contribution in [3.05, 3.63) is 28.2 Å². The summed E-state index contributed by atoms with van der Waals surface area (Å²) in [5.74, 6) is 0.664.